The first-order valence-corrected chi connectivity index (χ1v) is 12.6. The van der Waals surface area contributed by atoms with Crippen LogP contribution in [0.25, 0.3) is 0 Å². The van der Waals surface area contributed by atoms with Gasteiger partial charge in [0.05, 0.1) is 15.8 Å². The molecule has 1 fully saturated rings. The Kier molecular flexibility index (Phi) is 6.03. The highest BCUT2D eigenvalue weighted by Crippen LogP contribution is 2.29. The van der Waals surface area contributed by atoms with Crippen LogP contribution in [-0.2, 0) is 16.3 Å². The van der Waals surface area contributed by atoms with Gasteiger partial charge in [-0.15, -0.1) is 11.3 Å². The largest absolute Gasteiger partial charge is 0.348 e. The molecule has 152 valence electrons. The average molecular weight is 495 g/mol. The van der Waals surface area contributed by atoms with Crippen LogP contribution in [0.1, 0.15) is 24.1 Å². The van der Waals surface area contributed by atoms with Crippen LogP contribution in [0.4, 0.5) is 9.52 Å². The van der Waals surface area contributed by atoms with Gasteiger partial charge in [0.25, 0.3) is 0 Å². The maximum atomic E-state index is 13.1. The fraction of sp³-hybridized carbons (Fsp3) is 0.286. The van der Waals surface area contributed by atoms with Gasteiger partial charge in [0.15, 0.2) is 15.0 Å². The monoisotopic (exact) mass is 494 g/mol. The molecule has 0 bridgehead atoms. The summed E-state index contributed by atoms with van der Waals surface area (Å²) < 4.78 is 39.8. The smallest absolute Gasteiger partial charge is 0.185 e. The van der Waals surface area contributed by atoms with Gasteiger partial charge in [-0.3, -0.25) is 0 Å². The molecule has 0 unspecified atom stereocenters. The van der Waals surface area contributed by atoms with Crippen molar-refractivity contribution >= 4 is 42.2 Å². The number of rotatable bonds is 5. The van der Waals surface area contributed by atoms with Crippen molar-refractivity contribution in [2.24, 2.45) is 0 Å². The molecule has 1 aromatic heterocycles. The van der Waals surface area contributed by atoms with Gasteiger partial charge in [-0.2, -0.15) is 0 Å². The Morgan fingerprint density at radius 1 is 1.14 bits per heavy atom. The van der Waals surface area contributed by atoms with Crippen LogP contribution >= 0.6 is 27.3 Å². The predicted molar refractivity (Wildman–Crippen MR) is 118 cm³/mol. The van der Waals surface area contributed by atoms with Gasteiger partial charge >= 0.3 is 0 Å². The summed E-state index contributed by atoms with van der Waals surface area (Å²) in [5, 5.41) is 2.57. The molecule has 8 heteroatoms. The van der Waals surface area contributed by atoms with E-state index in [0.29, 0.717) is 25.9 Å². The second-order valence-electron chi connectivity index (χ2n) is 7.11. The number of halogens is 2. The topological polar surface area (TPSA) is 50.3 Å². The minimum atomic E-state index is -3.44. The van der Waals surface area contributed by atoms with Crippen molar-refractivity contribution in [3.63, 3.8) is 0 Å². The first-order chi connectivity index (χ1) is 13.9. The molecule has 2 aromatic carbocycles. The molecule has 29 heavy (non-hydrogen) atoms. The third-order valence-electron chi connectivity index (χ3n) is 5.11. The maximum Gasteiger partial charge on any atom is 0.185 e. The summed E-state index contributed by atoms with van der Waals surface area (Å²) in [6, 6.07) is 13.3. The Balaban J connectivity index is 1.40. The lowest BCUT2D eigenvalue weighted by Gasteiger charge is -2.31. The number of benzene rings is 2. The van der Waals surface area contributed by atoms with E-state index >= 15 is 0 Å². The van der Waals surface area contributed by atoms with E-state index in [2.05, 4.69) is 38.3 Å². The number of hydrogen-bond donors (Lipinski definition) is 0. The zero-order valence-electron chi connectivity index (χ0n) is 15.6. The highest BCUT2D eigenvalue weighted by atomic mass is 79.9. The summed E-state index contributed by atoms with van der Waals surface area (Å²) in [6.45, 7) is 1.30. The Bertz CT molecular complexity index is 1090. The predicted octanol–water partition coefficient (Wildman–Crippen LogP) is 5.08. The lowest BCUT2D eigenvalue weighted by Crippen LogP contribution is -2.39. The molecule has 0 radical (unpaired) electrons. The molecule has 0 spiro atoms. The van der Waals surface area contributed by atoms with Crippen molar-refractivity contribution in [2.45, 2.75) is 29.4 Å². The van der Waals surface area contributed by atoms with Crippen LogP contribution in [0, 0.1) is 5.82 Å². The average Bonchev–Trinajstić information content (AvgIpc) is 3.17. The second kappa shape index (κ2) is 8.53. The van der Waals surface area contributed by atoms with E-state index in [9.17, 15) is 12.8 Å². The number of piperidine rings is 1. The summed E-state index contributed by atoms with van der Waals surface area (Å²) in [7, 11) is -3.44. The standard InChI is InChI=1S/C21H20BrFN2O2S2/c22-16-3-1-2-15(12-16)13-18-14-28-21(24-18)25-10-8-20(9-11-25)29(26,27)19-6-4-17(23)5-7-19/h1-7,12,14,20H,8-11,13H2. The third kappa shape index (κ3) is 4.70. The summed E-state index contributed by atoms with van der Waals surface area (Å²) >= 11 is 5.09. The molecule has 4 rings (SSSR count). The lowest BCUT2D eigenvalue weighted by atomic mass is 10.1. The van der Waals surface area contributed by atoms with E-state index in [-0.39, 0.29) is 4.90 Å². The third-order valence-corrected chi connectivity index (χ3v) is 8.83. The number of nitrogens with zero attached hydrogens (tertiary/aromatic N) is 2. The van der Waals surface area contributed by atoms with Crippen LogP contribution < -0.4 is 4.90 Å². The molecule has 3 aromatic rings. The van der Waals surface area contributed by atoms with Crippen LogP contribution in [0.15, 0.2) is 63.3 Å². The Hall–Kier alpha value is -1.77. The van der Waals surface area contributed by atoms with Gasteiger partial charge in [-0.05, 0) is 54.8 Å². The SMILES string of the molecule is O=S(=O)(c1ccc(F)cc1)C1CCN(c2nc(Cc3cccc(Br)c3)cs2)CC1. The molecule has 0 saturated carbocycles. The first-order valence-electron chi connectivity index (χ1n) is 9.35. The molecular weight excluding hydrogens is 475 g/mol. The van der Waals surface area contributed by atoms with Gasteiger partial charge in [0.2, 0.25) is 0 Å². The van der Waals surface area contributed by atoms with E-state index in [1.807, 2.05) is 12.1 Å². The van der Waals surface area contributed by atoms with E-state index in [4.69, 9.17) is 4.98 Å². The molecule has 2 heterocycles. The fourth-order valence-electron chi connectivity index (χ4n) is 3.55. The van der Waals surface area contributed by atoms with Gasteiger partial charge in [0.1, 0.15) is 5.82 Å². The van der Waals surface area contributed by atoms with Crippen LogP contribution in [0.2, 0.25) is 0 Å². The van der Waals surface area contributed by atoms with Crippen molar-refractivity contribution in [3.8, 4) is 0 Å². The fourth-order valence-corrected chi connectivity index (χ4v) is 6.61. The summed E-state index contributed by atoms with van der Waals surface area (Å²) in [5.74, 6) is -0.429. The first kappa shape index (κ1) is 20.5. The van der Waals surface area contributed by atoms with Crippen molar-refractivity contribution in [1.82, 2.24) is 4.98 Å². The molecule has 0 amide bonds. The van der Waals surface area contributed by atoms with Crippen LogP contribution in [0.3, 0.4) is 0 Å². The van der Waals surface area contributed by atoms with Gasteiger partial charge in [-0.25, -0.2) is 17.8 Å². The summed E-state index contributed by atoms with van der Waals surface area (Å²) in [5.41, 5.74) is 2.21. The van der Waals surface area contributed by atoms with Gasteiger partial charge in [0, 0.05) is 29.4 Å². The van der Waals surface area contributed by atoms with Crippen LogP contribution in [-0.4, -0.2) is 31.7 Å². The van der Waals surface area contributed by atoms with Crippen molar-refractivity contribution < 1.29 is 12.8 Å². The second-order valence-corrected chi connectivity index (χ2v) is 11.1. The van der Waals surface area contributed by atoms with E-state index in [1.54, 1.807) is 11.3 Å². The molecule has 1 aliphatic rings. The van der Waals surface area contributed by atoms with Crippen molar-refractivity contribution in [3.05, 3.63) is 75.5 Å². The number of aromatic nitrogens is 1. The van der Waals surface area contributed by atoms with Crippen LogP contribution in [0.5, 0.6) is 0 Å². The number of thiazole rings is 1. The normalized spacial score (nSPS) is 15.6. The zero-order valence-corrected chi connectivity index (χ0v) is 18.8. The molecule has 4 nitrogen and oxygen atoms in total. The molecular formula is C21H20BrFN2O2S2. The highest BCUT2D eigenvalue weighted by Gasteiger charge is 2.32. The number of hydrogen-bond acceptors (Lipinski definition) is 5. The maximum absolute atomic E-state index is 13.1. The van der Waals surface area contributed by atoms with E-state index in [1.165, 1.54) is 29.8 Å². The van der Waals surface area contributed by atoms with Crippen molar-refractivity contribution in [2.75, 3.05) is 18.0 Å². The molecule has 0 atom stereocenters. The van der Waals surface area contributed by atoms with E-state index in [0.717, 1.165) is 21.7 Å². The van der Waals surface area contributed by atoms with E-state index < -0.39 is 20.9 Å². The summed E-state index contributed by atoms with van der Waals surface area (Å²) in [6.07, 6.45) is 1.85. The van der Waals surface area contributed by atoms with Gasteiger partial charge < -0.3 is 4.90 Å². The minimum absolute atomic E-state index is 0.197. The molecule has 1 saturated heterocycles. The van der Waals surface area contributed by atoms with Crippen molar-refractivity contribution in [1.29, 1.82) is 0 Å². The molecule has 0 aliphatic carbocycles. The minimum Gasteiger partial charge on any atom is -0.348 e. The lowest BCUT2D eigenvalue weighted by molar-refractivity contribution is 0.529. The molecule has 0 N–H and O–H groups in total. The summed E-state index contributed by atoms with van der Waals surface area (Å²) in [4.78, 5) is 7.11. The Labute approximate surface area is 182 Å². The zero-order chi connectivity index (χ0) is 20.4. The highest BCUT2D eigenvalue weighted by molar-refractivity contribution is 9.10. The quantitative estimate of drug-likeness (QED) is 0.464. The Morgan fingerprint density at radius 2 is 1.86 bits per heavy atom. The number of anilines is 1. The number of sulfone groups is 1. The Morgan fingerprint density at radius 3 is 2.55 bits per heavy atom. The van der Waals surface area contributed by atoms with Gasteiger partial charge in [-0.1, -0.05) is 28.1 Å². The molecule has 1 aliphatic heterocycles.